The molecule has 3 aromatic rings. The summed E-state index contributed by atoms with van der Waals surface area (Å²) in [6.45, 7) is 1.36. The number of carbonyl (C=O) groups is 2. The van der Waals surface area contributed by atoms with Crippen molar-refractivity contribution in [1.29, 1.82) is 0 Å². The first kappa shape index (κ1) is 22.9. The number of aliphatic carboxylic acids is 1. The van der Waals surface area contributed by atoms with E-state index in [0.29, 0.717) is 18.9 Å². The van der Waals surface area contributed by atoms with Crippen molar-refractivity contribution in [2.75, 3.05) is 24.6 Å². The number of hydrogen-bond acceptors (Lipinski definition) is 4. The van der Waals surface area contributed by atoms with Gasteiger partial charge in [0.25, 0.3) is 0 Å². The van der Waals surface area contributed by atoms with Crippen LogP contribution in [0.2, 0.25) is 0 Å². The molecule has 6 nitrogen and oxygen atoms in total. The van der Waals surface area contributed by atoms with Crippen molar-refractivity contribution in [1.82, 2.24) is 4.90 Å². The quantitative estimate of drug-likeness (QED) is 0.597. The first-order valence-corrected chi connectivity index (χ1v) is 11.8. The fourth-order valence-electron chi connectivity index (χ4n) is 5.21. The SMILES string of the molecule is O=C(O)[C@@H]1C[C@H](N2CCCOc3cc(F)ccc32)CN1C(=O)C(c1ccccc1)c1ccccc1. The summed E-state index contributed by atoms with van der Waals surface area (Å²) in [5.74, 6) is -1.79. The van der Waals surface area contributed by atoms with Crippen LogP contribution in [0.4, 0.5) is 10.1 Å². The van der Waals surface area contributed by atoms with E-state index in [1.54, 1.807) is 6.07 Å². The van der Waals surface area contributed by atoms with Gasteiger partial charge in [0.2, 0.25) is 5.91 Å². The minimum atomic E-state index is -1.02. The topological polar surface area (TPSA) is 70.1 Å². The van der Waals surface area contributed by atoms with E-state index in [9.17, 15) is 19.1 Å². The molecular weight excluding hydrogens is 447 g/mol. The van der Waals surface area contributed by atoms with Crippen LogP contribution >= 0.6 is 0 Å². The number of ether oxygens (including phenoxy) is 1. The molecule has 180 valence electrons. The second-order valence-electron chi connectivity index (χ2n) is 9.00. The molecule has 0 saturated carbocycles. The minimum absolute atomic E-state index is 0.224. The zero-order valence-corrected chi connectivity index (χ0v) is 19.2. The highest BCUT2D eigenvalue weighted by Gasteiger charge is 2.44. The Morgan fingerprint density at radius 1 is 0.971 bits per heavy atom. The Labute approximate surface area is 203 Å². The van der Waals surface area contributed by atoms with Crippen LogP contribution < -0.4 is 9.64 Å². The molecule has 2 aliphatic rings. The minimum Gasteiger partial charge on any atom is -0.491 e. The van der Waals surface area contributed by atoms with Crippen LogP contribution in [0.25, 0.3) is 0 Å². The fraction of sp³-hybridized carbons (Fsp3) is 0.286. The predicted octanol–water partition coefficient (Wildman–Crippen LogP) is 4.30. The summed E-state index contributed by atoms with van der Waals surface area (Å²) < 4.78 is 19.6. The molecule has 5 rings (SSSR count). The molecule has 0 spiro atoms. The number of carbonyl (C=O) groups excluding carboxylic acids is 1. The fourth-order valence-corrected chi connectivity index (χ4v) is 5.21. The van der Waals surface area contributed by atoms with Crippen molar-refractivity contribution in [3.8, 4) is 5.75 Å². The maximum atomic E-state index is 14.0. The van der Waals surface area contributed by atoms with Gasteiger partial charge in [-0.3, -0.25) is 4.79 Å². The second kappa shape index (κ2) is 9.78. The Balaban J connectivity index is 1.49. The third kappa shape index (κ3) is 4.58. The van der Waals surface area contributed by atoms with E-state index in [2.05, 4.69) is 4.90 Å². The van der Waals surface area contributed by atoms with Gasteiger partial charge in [0.1, 0.15) is 17.6 Å². The molecule has 0 radical (unpaired) electrons. The highest BCUT2D eigenvalue weighted by molar-refractivity contribution is 5.91. The number of halogens is 1. The number of anilines is 1. The Morgan fingerprint density at radius 3 is 2.26 bits per heavy atom. The lowest BCUT2D eigenvalue weighted by Gasteiger charge is -2.31. The van der Waals surface area contributed by atoms with E-state index in [4.69, 9.17) is 4.74 Å². The molecule has 1 N–H and O–H groups in total. The molecule has 1 amide bonds. The van der Waals surface area contributed by atoms with Gasteiger partial charge in [0, 0.05) is 31.6 Å². The van der Waals surface area contributed by atoms with Crippen LogP contribution in [0.15, 0.2) is 78.9 Å². The zero-order valence-electron chi connectivity index (χ0n) is 19.2. The van der Waals surface area contributed by atoms with Crippen LogP contribution in [-0.4, -0.2) is 53.7 Å². The zero-order chi connectivity index (χ0) is 24.4. The largest absolute Gasteiger partial charge is 0.491 e. The number of carboxylic acid groups (broad SMARTS) is 1. The third-order valence-corrected chi connectivity index (χ3v) is 6.83. The summed E-state index contributed by atoms with van der Waals surface area (Å²) in [5, 5.41) is 10.1. The number of amides is 1. The summed E-state index contributed by atoms with van der Waals surface area (Å²) in [6, 6.07) is 22.2. The summed E-state index contributed by atoms with van der Waals surface area (Å²) in [6.07, 6.45) is 1.00. The van der Waals surface area contributed by atoms with Gasteiger partial charge in [0.05, 0.1) is 18.2 Å². The Hall–Kier alpha value is -3.87. The maximum Gasteiger partial charge on any atom is 0.326 e. The number of carboxylic acids is 1. The van der Waals surface area contributed by atoms with Gasteiger partial charge in [-0.15, -0.1) is 0 Å². The Bertz CT molecular complexity index is 1160. The summed E-state index contributed by atoms with van der Waals surface area (Å²) in [7, 11) is 0. The number of fused-ring (bicyclic) bond motifs is 1. The lowest BCUT2D eigenvalue weighted by Crippen LogP contribution is -2.44. The molecule has 2 atom stereocenters. The monoisotopic (exact) mass is 474 g/mol. The molecule has 0 aromatic heterocycles. The van der Waals surface area contributed by atoms with Crippen molar-refractivity contribution in [3.05, 3.63) is 95.8 Å². The molecule has 35 heavy (non-hydrogen) atoms. The number of hydrogen-bond donors (Lipinski definition) is 1. The van der Waals surface area contributed by atoms with E-state index in [0.717, 1.165) is 23.2 Å². The summed E-state index contributed by atoms with van der Waals surface area (Å²) in [4.78, 5) is 29.9. The molecule has 1 fully saturated rings. The van der Waals surface area contributed by atoms with Gasteiger partial charge in [0.15, 0.2) is 0 Å². The lowest BCUT2D eigenvalue weighted by molar-refractivity contribution is -0.148. The normalized spacial score (nSPS) is 19.7. The smallest absolute Gasteiger partial charge is 0.326 e. The standard InChI is InChI=1S/C28H27FN2O4/c29-21-12-13-23-25(16-21)35-15-7-14-30(23)22-17-24(28(33)34)31(18-22)27(32)26(19-8-3-1-4-9-19)20-10-5-2-6-11-20/h1-6,8-13,16,22,24,26H,7,14-15,17-18H2,(H,33,34)/t22-,24-/m0/s1. The van der Waals surface area contributed by atoms with E-state index in [-0.39, 0.29) is 30.7 Å². The molecular formula is C28H27FN2O4. The van der Waals surface area contributed by atoms with Gasteiger partial charge in [-0.1, -0.05) is 60.7 Å². The van der Waals surface area contributed by atoms with Crippen LogP contribution in [0.3, 0.4) is 0 Å². The molecule has 3 aromatic carbocycles. The summed E-state index contributed by atoms with van der Waals surface area (Å²) in [5.41, 5.74) is 2.37. The molecule has 0 aliphatic carbocycles. The van der Waals surface area contributed by atoms with Gasteiger partial charge >= 0.3 is 5.97 Å². The Kier molecular flexibility index (Phi) is 6.40. The number of nitrogens with zero attached hydrogens (tertiary/aromatic N) is 2. The number of benzene rings is 3. The molecule has 0 unspecified atom stereocenters. The highest BCUT2D eigenvalue weighted by Crippen LogP contribution is 2.37. The van der Waals surface area contributed by atoms with Crippen molar-refractivity contribution in [2.24, 2.45) is 0 Å². The van der Waals surface area contributed by atoms with Gasteiger partial charge in [-0.25, -0.2) is 9.18 Å². The molecule has 2 heterocycles. The van der Waals surface area contributed by atoms with Crippen molar-refractivity contribution in [2.45, 2.75) is 30.8 Å². The molecule has 0 bridgehead atoms. The van der Waals surface area contributed by atoms with E-state index < -0.39 is 17.9 Å². The number of likely N-dealkylation sites (tertiary alicyclic amines) is 1. The van der Waals surface area contributed by atoms with Crippen molar-refractivity contribution in [3.63, 3.8) is 0 Å². The van der Waals surface area contributed by atoms with E-state index in [1.165, 1.54) is 17.0 Å². The average molecular weight is 475 g/mol. The Morgan fingerprint density at radius 2 is 1.63 bits per heavy atom. The second-order valence-corrected chi connectivity index (χ2v) is 9.00. The predicted molar refractivity (Wildman–Crippen MR) is 130 cm³/mol. The molecule has 1 saturated heterocycles. The first-order chi connectivity index (χ1) is 17.0. The van der Waals surface area contributed by atoms with Crippen LogP contribution in [0.5, 0.6) is 5.75 Å². The average Bonchev–Trinajstić information content (AvgIpc) is 3.21. The molecule has 2 aliphatic heterocycles. The number of rotatable bonds is 5. The van der Waals surface area contributed by atoms with E-state index in [1.807, 2.05) is 60.7 Å². The van der Waals surface area contributed by atoms with Gasteiger partial charge in [-0.05, 0) is 29.7 Å². The van der Waals surface area contributed by atoms with Gasteiger partial charge < -0.3 is 19.6 Å². The van der Waals surface area contributed by atoms with Crippen LogP contribution in [0.1, 0.15) is 29.9 Å². The molecule has 7 heteroatoms. The first-order valence-electron chi connectivity index (χ1n) is 11.8. The van der Waals surface area contributed by atoms with E-state index >= 15 is 0 Å². The highest BCUT2D eigenvalue weighted by atomic mass is 19.1. The summed E-state index contributed by atoms with van der Waals surface area (Å²) >= 11 is 0. The van der Waals surface area contributed by atoms with Crippen LogP contribution in [-0.2, 0) is 9.59 Å². The lowest BCUT2D eigenvalue weighted by atomic mass is 9.90. The third-order valence-electron chi connectivity index (χ3n) is 6.83. The van der Waals surface area contributed by atoms with Crippen LogP contribution in [0, 0.1) is 5.82 Å². The van der Waals surface area contributed by atoms with Crippen molar-refractivity contribution >= 4 is 17.6 Å². The van der Waals surface area contributed by atoms with Crippen molar-refractivity contribution < 1.29 is 23.8 Å². The van der Waals surface area contributed by atoms with Gasteiger partial charge in [-0.2, -0.15) is 0 Å². The maximum absolute atomic E-state index is 14.0.